The van der Waals surface area contributed by atoms with E-state index >= 15 is 0 Å². The monoisotopic (exact) mass is 364 g/mol. The van der Waals surface area contributed by atoms with Crippen molar-refractivity contribution in [2.45, 2.75) is 96.8 Å². The second-order valence-electron chi connectivity index (χ2n) is 7.25. The van der Waals surface area contributed by atoms with Crippen molar-refractivity contribution < 1.29 is 13.9 Å². The van der Waals surface area contributed by atoms with E-state index in [1.54, 1.807) is 12.1 Å². The third-order valence-corrected chi connectivity index (χ3v) is 4.83. The van der Waals surface area contributed by atoms with Gasteiger partial charge in [-0.15, -0.1) is 0 Å². The summed E-state index contributed by atoms with van der Waals surface area (Å²) < 4.78 is 18.2. The fourth-order valence-corrected chi connectivity index (χ4v) is 3.19. The van der Waals surface area contributed by atoms with Crippen LogP contribution in [-0.4, -0.2) is 12.6 Å². The van der Waals surface area contributed by atoms with Crippen molar-refractivity contribution in [1.82, 2.24) is 0 Å². The lowest BCUT2D eigenvalue weighted by Gasteiger charge is -2.07. The molecule has 0 N–H and O–H groups in total. The highest BCUT2D eigenvalue weighted by Gasteiger charge is 2.04. The fourth-order valence-electron chi connectivity index (χ4n) is 3.19. The van der Waals surface area contributed by atoms with Crippen molar-refractivity contribution in [2.75, 3.05) is 6.61 Å². The summed E-state index contributed by atoms with van der Waals surface area (Å²) in [7, 11) is 0. The first-order chi connectivity index (χ1) is 12.7. The summed E-state index contributed by atoms with van der Waals surface area (Å²) >= 11 is 0. The van der Waals surface area contributed by atoms with E-state index in [0.29, 0.717) is 12.4 Å². The van der Waals surface area contributed by atoms with Gasteiger partial charge >= 0.3 is 6.04 Å². The normalized spacial score (nSPS) is 10.8. The maximum absolute atomic E-state index is 12.6. The van der Waals surface area contributed by atoms with Crippen LogP contribution >= 0.6 is 0 Å². The average Bonchev–Trinajstić information content (AvgIpc) is 2.65. The number of hydrogen-bond acceptors (Lipinski definition) is 2. The molecular formula is C23H37FO2. The minimum atomic E-state index is -1.41. The Hall–Kier alpha value is -1.38. The molecule has 2 nitrogen and oxygen atoms in total. The van der Waals surface area contributed by atoms with Crippen LogP contribution in [0.1, 0.15) is 107 Å². The zero-order chi connectivity index (χ0) is 18.9. The van der Waals surface area contributed by atoms with Crippen molar-refractivity contribution in [1.29, 1.82) is 0 Å². The molecule has 148 valence electrons. The van der Waals surface area contributed by atoms with E-state index in [1.165, 1.54) is 95.6 Å². The minimum Gasteiger partial charge on any atom is -0.494 e. The molecule has 0 saturated heterocycles. The van der Waals surface area contributed by atoms with Gasteiger partial charge in [-0.3, -0.25) is 4.79 Å². The van der Waals surface area contributed by atoms with E-state index in [2.05, 4.69) is 6.92 Å². The Kier molecular flexibility index (Phi) is 13.8. The standard InChI is InChI=1S/C23H37FO2/c1-2-3-4-5-6-7-8-9-10-11-12-13-14-15-19-26-22-18-16-17-21(20-22)23(24)25/h16-18,20H,2-15,19H2,1H3. The van der Waals surface area contributed by atoms with E-state index in [0.717, 1.165) is 6.42 Å². The third-order valence-electron chi connectivity index (χ3n) is 4.83. The number of carbonyl (C=O) groups is 1. The topological polar surface area (TPSA) is 26.3 Å². The van der Waals surface area contributed by atoms with Crippen molar-refractivity contribution in [3.05, 3.63) is 29.8 Å². The second kappa shape index (κ2) is 15.8. The number of carbonyl (C=O) groups excluding carboxylic acids is 1. The highest BCUT2D eigenvalue weighted by Crippen LogP contribution is 2.16. The molecule has 0 radical (unpaired) electrons. The molecule has 3 heteroatoms. The highest BCUT2D eigenvalue weighted by molar-refractivity contribution is 5.88. The molecule has 0 aliphatic heterocycles. The second-order valence-corrected chi connectivity index (χ2v) is 7.25. The number of benzene rings is 1. The Morgan fingerprint density at radius 3 is 1.81 bits per heavy atom. The molecule has 0 aromatic heterocycles. The van der Waals surface area contributed by atoms with E-state index in [4.69, 9.17) is 4.74 Å². The lowest BCUT2D eigenvalue weighted by atomic mass is 10.0. The predicted octanol–water partition coefficient (Wildman–Crippen LogP) is 7.66. The molecule has 0 unspecified atom stereocenters. The Bertz CT molecular complexity index is 473. The van der Waals surface area contributed by atoms with Crippen molar-refractivity contribution in [2.24, 2.45) is 0 Å². The van der Waals surface area contributed by atoms with Gasteiger partial charge in [-0.1, -0.05) is 96.5 Å². The third kappa shape index (κ3) is 12.1. The Morgan fingerprint density at radius 2 is 1.31 bits per heavy atom. The summed E-state index contributed by atoms with van der Waals surface area (Å²) in [5, 5.41) is 0. The summed E-state index contributed by atoms with van der Waals surface area (Å²) in [5.41, 5.74) is 0.0588. The molecule has 0 fully saturated rings. The van der Waals surface area contributed by atoms with Gasteiger partial charge in [-0.2, -0.15) is 4.39 Å². The van der Waals surface area contributed by atoms with Crippen LogP contribution in [0.5, 0.6) is 5.75 Å². The molecule has 0 amide bonds. The van der Waals surface area contributed by atoms with Gasteiger partial charge < -0.3 is 4.74 Å². The summed E-state index contributed by atoms with van der Waals surface area (Å²) in [5.74, 6) is 0.572. The van der Waals surface area contributed by atoms with Crippen LogP contribution in [-0.2, 0) is 0 Å². The SMILES string of the molecule is CCCCCCCCCCCCCCCCOc1cccc(C(=O)F)c1. The maximum atomic E-state index is 12.6. The first-order valence-corrected chi connectivity index (χ1v) is 10.7. The van der Waals surface area contributed by atoms with Crippen LogP contribution in [0.4, 0.5) is 4.39 Å². The average molecular weight is 365 g/mol. The molecule has 1 aromatic carbocycles. The summed E-state index contributed by atoms with van der Waals surface area (Å²) in [6.45, 7) is 2.89. The van der Waals surface area contributed by atoms with Gasteiger partial charge in [0.15, 0.2) is 0 Å². The van der Waals surface area contributed by atoms with Crippen LogP contribution in [0.25, 0.3) is 0 Å². The molecule has 0 saturated carbocycles. The van der Waals surface area contributed by atoms with Crippen LogP contribution in [0.3, 0.4) is 0 Å². The molecule has 1 aromatic rings. The molecule has 0 aliphatic rings. The largest absolute Gasteiger partial charge is 0.494 e. The zero-order valence-electron chi connectivity index (χ0n) is 16.6. The Morgan fingerprint density at radius 1 is 0.808 bits per heavy atom. The Balaban J connectivity index is 1.85. The van der Waals surface area contributed by atoms with Gasteiger partial charge in [0, 0.05) is 0 Å². The van der Waals surface area contributed by atoms with E-state index < -0.39 is 6.04 Å². The van der Waals surface area contributed by atoms with Gasteiger partial charge in [0.1, 0.15) is 5.75 Å². The lowest BCUT2D eigenvalue weighted by molar-refractivity contribution is 0.0835. The lowest BCUT2D eigenvalue weighted by Crippen LogP contribution is -1.98. The molecule has 0 heterocycles. The molecule has 1 rings (SSSR count). The first-order valence-electron chi connectivity index (χ1n) is 10.7. The summed E-state index contributed by atoms with van der Waals surface area (Å²) in [6.07, 6.45) is 18.6. The molecular weight excluding hydrogens is 327 g/mol. The van der Waals surface area contributed by atoms with Crippen molar-refractivity contribution >= 4 is 6.04 Å². The van der Waals surface area contributed by atoms with E-state index in [-0.39, 0.29) is 5.56 Å². The van der Waals surface area contributed by atoms with Gasteiger partial charge in [0.05, 0.1) is 12.2 Å². The first kappa shape index (κ1) is 22.7. The molecule has 26 heavy (non-hydrogen) atoms. The van der Waals surface area contributed by atoms with Crippen LogP contribution in [0, 0.1) is 0 Å². The number of hydrogen-bond donors (Lipinski definition) is 0. The Labute approximate surface area is 159 Å². The van der Waals surface area contributed by atoms with E-state index in [9.17, 15) is 9.18 Å². The van der Waals surface area contributed by atoms with Crippen LogP contribution < -0.4 is 4.74 Å². The smallest absolute Gasteiger partial charge is 0.332 e. The minimum absolute atomic E-state index is 0.0588. The van der Waals surface area contributed by atoms with Gasteiger partial charge in [-0.25, -0.2) is 0 Å². The predicted molar refractivity (Wildman–Crippen MR) is 108 cm³/mol. The summed E-state index contributed by atoms with van der Waals surface area (Å²) in [6, 6.07) is 4.92. The van der Waals surface area contributed by atoms with Gasteiger partial charge in [-0.05, 0) is 24.6 Å². The number of halogens is 1. The maximum Gasteiger partial charge on any atom is 0.332 e. The zero-order valence-corrected chi connectivity index (χ0v) is 16.6. The quantitative estimate of drug-likeness (QED) is 0.209. The van der Waals surface area contributed by atoms with Crippen LogP contribution in [0.15, 0.2) is 24.3 Å². The van der Waals surface area contributed by atoms with Crippen molar-refractivity contribution in [3.63, 3.8) is 0 Å². The number of ether oxygens (including phenoxy) is 1. The van der Waals surface area contributed by atoms with Gasteiger partial charge in [0.2, 0.25) is 0 Å². The number of unbranched alkanes of at least 4 members (excludes halogenated alkanes) is 13. The number of rotatable bonds is 17. The molecule has 0 spiro atoms. The van der Waals surface area contributed by atoms with Crippen molar-refractivity contribution in [3.8, 4) is 5.75 Å². The molecule has 0 bridgehead atoms. The van der Waals surface area contributed by atoms with Gasteiger partial charge in [0.25, 0.3) is 0 Å². The fraction of sp³-hybridized carbons (Fsp3) is 0.696. The molecule has 0 aliphatic carbocycles. The molecule has 0 atom stereocenters. The van der Waals surface area contributed by atoms with E-state index in [1.807, 2.05) is 0 Å². The summed E-state index contributed by atoms with van der Waals surface area (Å²) in [4.78, 5) is 10.7. The van der Waals surface area contributed by atoms with Crippen LogP contribution in [0.2, 0.25) is 0 Å². The highest BCUT2D eigenvalue weighted by atomic mass is 19.1.